The molecule has 0 bridgehead atoms. The Morgan fingerprint density at radius 3 is 2.22 bits per heavy atom. The Labute approximate surface area is 98.2 Å². The molecule has 0 fully saturated rings. The maximum absolute atomic E-state index is 10.7. The minimum absolute atomic E-state index is 0.146. The van der Waals surface area contributed by atoms with Crippen LogP contribution < -0.4 is 5.73 Å². The Morgan fingerprint density at radius 2 is 2.00 bits per heavy atom. The summed E-state index contributed by atoms with van der Waals surface area (Å²) in [6, 6.07) is 1.81. The van der Waals surface area contributed by atoms with Crippen molar-refractivity contribution in [2.45, 2.75) is 6.18 Å². The fourth-order valence-corrected chi connectivity index (χ4v) is 0.812. The molecule has 1 rings (SSSR count). The molecule has 0 atom stereocenters. The third-order valence-corrected chi connectivity index (χ3v) is 1.54. The van der Waals surface area contributed by atoms with E-state index in [1.165, 1.54) is 10.9 Å². The average molecular weight is 264 g/mol. The van der Waals surface area contributed by atoms with Crippen LogP contribution in [0.5, 0.6) is 0 Å². The van der Waals surface area contributed by atoms with Crippen molar-refractivity contribution in [3.05, 3.63) is 17.5 Å². The standard InChI is InChI=1S/C6H6N4O.C2HF3O2/c1-10-5(6(8)11)4(2-7)3-9-10;3-2(4,5)1(6)7/h3H,1H3,(H2,8,11);(H,6,7). The molecule has 0 unspecified atom stereocenters. The number of nitrogens with two attached hydrogens (primary N) is 1. The minimum Gasteiger partial charge on any atom is -0.475 e. The van der Waals surface area contributed by atoms with Crippen molar-refractivity contribution >= 4 is 11.9 Å². The van der Waals surface area contributed by atoms with Gasteiger partial charge in [-0.05, 0) is 0 Å². The largest absolute Gasteiger partial charge is 0.490 e. The number of aryl methyl sites for hydroxylation is 1. The monoisotopic (exact) mass is 264 g/mol. The highest BCUT2D eigenvalue weighted by molar-refractivity contribution is 5.93. The van der Waals surface area contributed by atoms with Gasteiger partial charge in [0.2, 0.25) is 0 Å². The van der Waals surface area contributed by atoms with Gasteiger partial charge in [0.1, 0.15) is 17.3 Å². The van der Waals surface area contributed by atoms with Crippen LogP contribution in [0.1, 0.15) is 16.1 Å². The predicted molar refractivity (Wildman–Crippen MR) is 50.1 cm³/mol. The van der Waals surface area contributed by atoms with E-state index in [0.717, 1.165) is 0 Å². The summed E-state index contributed by atoms with van der Waals surface area (Å²) in [6.07, 6.45) is -3.78. The molecule has 7 nitrogen and oxygen atoms in total. The van der Waals surface area contributed by atoms with Crippen molar-refractivity contribution in [2.75, 3.05) is 0 Å². The van der Waals surface area contributed by atoms with Gasteiger partial charge in [-0.15, -0.1) is 0 Å². The summed E-state index contributed by atoms with van der Waals surface area (Å²) in [4.78, 5) is 19.6. The lowest BCUT2D eigenvalue weighted by Crippen LogP contribution is -2.21. The normalized spacial score (nSPS) is 9.94. The first-order valence-corrected chi connectivity index (χ1v) is 4.13. The number of rotatable bonds is 1. The van der Waals surface area contributed by atoms with Crippen molar-refractivity contribution < 1.29 is 27.9 Å². The van der Waals surface area contributed by atoms with Crippen molar-refractivity contribution in [2.24, 2.45) is 12.8 Å². The second kappa shape index (κ2) is 5.67. The lowest BCUT2D eigenvalue weighted by molar-refractivity contribution is -0.192. The third kappa shape index (κ3) is 4.12. The van der Waals surface area contributed by atoms with E-state index in [1.807, 2.05) is 6.07 Å². The van der Waals surface area contributed by atoms with Crippen molar-refractivity contribution in [3.8, 4) is 6.07 Å². The van der Waals surface area contributed by atoms with Crippen LogP contribution in [0.4, 0.5) is 13.2 Å². The van der Waals surface area contributed by atoms with Gasteiger partial charge in [-0.25, -0.2) is 4.79 Å². The molecule has 0 radical (unpaired) electrons. The fraction of sp³-hybridized carbons (Fsp3) is 0.250. The summed E-state index contributed by atoms with van der Waals surface area (Å²) in [5.41, 5.74) is 5.34. The van der Waals surface area contributed by atoms with Gasteiger partial charge in [0.05, 0.1) is 6.20 Å². The Bertz CT molecular complexity index is 501. The van der Waals surface area contributed by atoms with Crippen LogP contribution in [-0.4, -0.2) is 32.9 Å². The number of hydrogen-bond acceptors (Lipinski definition) is 4. The highest BCUT2D eigenvalue weighted by atomic mass is 19.4. The Balaban J connectivity index is 0.000000360. The predicted octanol–water partition coefficient (Wildman–Crippen LogP) is 0.0240. The third-order valence-electron chi connectivity index (χ3n) is 1.54. The van der Waals surface area contributed by atoms with Crippen molar-refractivity contribution in [1.29, 1.82) is 5.26 Å². The zero-order chi connectivity index (χ0) is 14.5. The van der Waals surface area contributed by atoms with Crippen molar-refractivity contribution in [3.63, 3.8) is 0 Å². The maximum Gasteiger partial charge on any atom is 0.490 e. The summed E-state index contributed by atoms with van der Waals surface area (Å²) in [5, 5.41) is 19.3. The van der Waals surface area contributed by atoms with E-state index < -0.39 is 18.1 Å². The van der Waals surface area contributed by atoms with Crippen molar-refractivity contribution in [1.82, 2.24) is 9.78 Å². The molecular weight excluding hydrogens is 257 g/mol. The van der Waals surface area contributed by atoms with Gasteiger partial charge in [-0.1, -0.05) is 0 Å². The molecule has 0 saturated heterocycles. The second-order valence-corrected chi connectivity index (χ2v) is 2.81. The number of carboxylic acids is 1. The van der Waals surface area contributed by atoms with E-state index in [9.17, 15) is 18.0 Å². The number of alkyl halides is 3. The number of carboxylic acid groups (broad SMARTS) is 1. The SMILES string of the molecule is Cn1ncc(C#N)c1C(N)=O.O=C(O)C(F)(F)F. The number of primary amides is 1. The van der Waals surface area contributed by atoms with Gasteiger partial charge in [0.25, 0.3) is 5.91 Å². The topological polar surface area (TPSA) is 122 Å². The number of nitrogens with zero attached hydrogens (tertiary/aromatic N) is 3. The van der Waals surface area contributed by atoms with Gasteiger partial charge in [-0.2, -0.15) is 23.5 Å². The van der Waals surface area contributed by atoms with Crippen LogP contribution in [0.25, 0.3) is 0 Å². The second-order valence-electron chi connectivity index (χ2n) is 2.81. The summed E-state index contributed by atoms with van der Waals surface area (Å²) in [7, 11) is 1.56. The molecule has 0 saturated carbocycles. The molecule has 1 aromatic rings. The number of halogens is 3. The molecule has 0 aliphatic rings. The van der Waals surface area contributed by atoms with E-state index in [1.54, 1.807) is 7.05 Å². The number of aliphatic carboxylic acids is 1. The number of carbonyl (C=O) groups is 2. The van der Waals surface area contributed by atoms with Gasteiger partial charge in [-0.3, -0.25) is 9.48 Å². The smallest absolute Gasteiger partial charge is 0.475 e. The van der Waals surface area contributed by atoms with Gasteiger partial charge >= 0.3 is 12.1 Å². The van der Waals surface area contributed by atoms with E-state index in [0.29, 0.717) is 0 Å². The Hall–Kier alpha value is -2.57. The number of amides is 1. The van der Waals surface area contributed by atoms with Crippen LogP contribution in [0.2, 0.25) is 0 Å². The number of aromatic nitrogens is 2. The van der Waals surface area contributed by atoms with Crippen LogP contribution in [-0.2, 0) is 11.8 Å². The average Bonchev–Trinajstić information content (AvgIpc) is 2.58. The summed E-state index contributed by atoms with van der Waals surface area (Å²) in [6.45, 7) is 0. The number of nitriles is 1. The molecule has 1 aromatic heterocycles. The fourth-order valence-electron chi connectivity index (χ4n) is 0.812. The summed E-state index contributed by atoms with van der Waals surface area (Å²) in [5.74, 6) is -3.39. The molecule has 18 heavy (non-hydrogen) atoms. The first-order chi connectivity index (χ1) is 8.11. The quantitative estimate of drug-likeness (QED) is 0.740. The zero-order valence-corrected chi connectivity index (χ0v) is 8.89. The van der Waals surface area contributed by atoms with E-state index in [2.05, 4.69) is 5.10 Å². The Morgan fingerprint density at radius 1 is 1.56 bits per heavy atom. The molecule has 10 heteroatoms. The lowest BCUT2D eigenvalue weighted by Gasteiger charge is -1.94. The number of carbonyl (C=O) groups excluding carboxylic acids is 1. The van der Waals surface area contributed by atoms with E-state index >= 15 is 0 Å². The highest BCUT2D eigenvalue weighted by Crippen LogP contribution is 2.13. The molecular formula is C8H7F3N4O3. The molecule has 1 heterocycles. The molecule has 3 N–H and O–H groups in total. The number of hydrogen-bond donors (Lipinski definition) is 2. The maximum atomic E-state index is 10.7. The highest BCUT2D eigenvalue weighted by Gasteiger charge is 2.38. The van der Waals surface area contributed by atoms with Crippen LogP contribution >= 0.6 is 0 Å². The first-order valence-electron chi connectivity index (χ1n) is 4.13. The molecule has 98 valence electrons. The summed E-state index contributed by atoms with van der Waals surface area (Å²) >= 11 is 0. The minimum atomic E-state index is -5.08. The zero-order valence-electron chi connectivity index (χ0n) is 8.89. The Kier molecular flexibility index (Phi) is 4.86. The summed E-state index contributed by atoms with van der Waals surface area (Å²) < 4.78 is 33.0. The first kappa shape index (κ1) is 15.4. The van der Waals surface area contributed by atoms with Gasteiger partial charge in [0.15, 0.2) is 0 Å². The molecule has 0 spiro atoms. The van der Waals surface area contributed by atoms with Crippen LogP contribution in [0.15, 0.2) is 6.20 Å². The van der Waals surface area contributed by atoms with E-state index in [4.69, 9.17) is 20.9 Å². The molecule has 0 aliphatic carbocycles. The van der Waals surface area contributed by atoms with Gasteiger partial charge < -0.3 is 10.8 Å². The molecule has 0 aliphatic heterocycles. The van der Waals surface area contributed by atoms with Crippen LogP contribution in [0.3, 0.4) is 0 Å². The van der Waals surface area contributed by atoms with Gasteiger partial charge in [0, 0.05) is 7.05 Å². The molecule has 1 amide bonds. The van der Waals surface area contributed by atoms with E-state index in [-0.39, 0.29) is 11.3 Å². The molecule has 0 aromatic carbocycles. The van der Waals surface area contributed by atoms with Crippen LogP contribution in [0, 0.1) is 11.3 Å². The lowest BCUT2D eigenvalue weighted by atomic mass is 10.2.